The molecule has 4 aromatic carbocycles. The van der Waals surface area contributed by atoms with E-state index in [9.17, 15) is 0 Å². The van der Waals surface area contributed by atoms with Gasteiger partial charge < -0.3 is 4.40 Å². The topological polar surface area (TPSA) is 4.41 Å². The number of benzene rings is 4. The van der Waals surface area contributed by atoms with Gasteiger partial charge in [-0.05, 0) is 11.5 Å². The van der Waals surface area contributed by atoms with Crippen LogP contribution < -0.4 is 0 Å². The molecule has 7 aromatic rings. The highest BCUT2D eigenvalue weighted by Crippen LogP contribution is 2.42. The molecule has 0 N–H and O–H groups in total. The molecule has 1 nitrogen and oxygen atoms in total. The summed E-state index contributed by atoms with van der Waals surface area (Å²) in [4.78, 5) is 0. The van der Waals surface area contributed by atoms with E-state index in [2.05, 4.69) is 95.5 Å². The SMILES string of the molecule is c1ccc2c(c1)cn1c2c2ccccc2c2ccc3c4ccccc4sc3c21. The summed E-state index contributed by atoms with van der Waals surface area (Å²) in [5.41, 5.74) is 2.63. The first-order valence-corrected chi connectivity index (χ1v) is 10.4. The molecular weight excluding hydrogens is 358 g/mol. The maximum atomic E-state index is 2.43. The van der Waals surface area contributed by atoms with Crippen molar-refractivity contribution >= 4 is 69.5 Å². The van der Waals surface area contributed by atoms with Crippen molar-refractivity contribution in [3.05, 3.63) is 91.1 Å². The number of aromatic nitrogens is 1. The van der Waals surface area contributed by atoms with Crippen molar-refractivity contribution in [1.29, 1.82) is 0 Å². The van der Waals surface area contributed by atoms with Gasteiger partial charge in [-0.1, -0.05) is 78.9 Å². The second-order valence-corrected chi connectivity index (χ2v) is 8.47. The number of pyridine rings is 1. The molecular formula is C26H15NS. The fraction of sp³-hybridized carbons (Fsp3) is 0. The average molecular weight is 373 g/mol. The van der Waals surface area contributed by atoms with Crippen LogP contribution in [0.1, 0.15) is 0 Å². The predicted octanol–water partition coefficient (Wildman–Crippen LogP) is 7.77. The van der Waals surface area contributed by atoms with Crippen molar-refractivity contribution in [3.63, 3.8) is 0 Å². The van der Waals surface area contributed by atoms with Crippen LogP contribution in [0, 0.1) is 0 Å². The molecule has 28 heavy (non-hydrogen) atoms. The van der Waals surface area contributed by atoms with Gasteiger partial charge in [0, 0.05) is 43.2 Å². The standard InChI is InChI=1S/C26H15NS/c1-2-8-17-16(7-1)15-27-24(17)20-11-4-3-9-18(20)21-13-14-22-19-10-5-6-12-23(19)28-26(22)25(21)27/h1-15H. The largest absolute Gasteiger partial charge is 0.313 e. The normalized spacial score (nSPS) is 12.3. The lowest BCUT2D eigenvalue weighted by Gasteiger charge is -2.10. The van der Waals surface area contributed by atoms with Gasteiger partial charge >= 0.3 is 0 Å². The van der Waals surface area contributed by atoms with Gasteiger partial charge in [0.25, 0.3) is 0 Å². The molecule has 3 heterocycles. The van der Waals surface area contributed by atoms with Crippen LogP contribution in [0.2, 0.25) is 0 Å². The van der Waals surface area contributed by atoms with Crippen molar-refractivity contribution in [2.45, 2.75) is 0 Å². The van der Waals surface area contributed by atoms with Gasteiger partial charge in [-0.25, -0.2) is 0 Å². The minimum atomic E-state index is 1.29. The van der Waals surface area contributed by atoms with E-state index in [0.717, 1.165) is 0 Å². The summed E-state index contributed by atoms with van der Waals surface area (Å²) in [6.45, 7) is 0. The van der Waals surface area contributed by atoms with Gasteiger partial charge in [0.1, 0.15) is 0 Å². The summed E-state index contributed by atoms with van der Waals surface area (Å²) < 4.78 is 5.15. The molecule has 0 saturated carbocycles. The van der Waals surface area contributed by atoms with Crippen molar-refractivity contribution in [2.75, 3.05) is 0 Å². The van der Waals surface area contributed by atoms with Crippen molar-refractivity contribution in [3.8, 4) is 0 Å². The Balaban J connectivity index is 1.89. The molecule has 0 fully saturated rings. The molecule has 0 aliphatic carbocycles. The van der Waals surface area contributed by atoms with E-state index in [0.29, 0.717) is 0 Å². The monoisotopic (exact) mass is 373 g/mol. The predicted molar refractivity (Wildman–Crippen MR) is 123 cm³/mol. The lowest BCUT2D eigenvalue weighted by molar-refractivity contribution is 1.31. The van der Waals surface area contributed by atoms with Crippen LogP contribution >= 0.6 is 11.3 Å². The van der Waals surface area contributed by atoms with Crippen LogP contribution in [0.15, 0.2) is 91.1 Å². The third-order valence-corrected chi connectivity index (χ3v) is 7.15. The highest BCUT2D eigenvalue weighted by atomic mass is 32.1. The summed E-state index contributed by atoms with van der Waals surface area (Å²) >= 11 is 1.90. The molecule has 0 aliphatic rings. The zero-order valence-electron chi connectivity index (χ0n) is 15.0. The van der Waals surface area contributed by atoms with E-state index < -0.39 is 0 Å². The number of rotatable bonds is 0. The Hall–Kier alpha value is -3.36. The van der Waals surface area contributed by atoms with Gasteiger partial charge in [-0.15, -0.1) is 11.3 Å². The van der Waals surface area contributed by atoms with E-state index in [-0.39, 0.29) is 0 Å². The Kier molecular flexibility index (Phi) is 2.68. The lowest BCUT2D eigenvalue weighted by atomic mass is 10.0. The zero-order chi connectivity index (χ0) is 18.2. The summed E-state index contributed by atoms with van der Waals surface area (Å²) in [5.74, 6) is 0. The number of hydrogen-bond donors (Lipinski definition) is 0. The summed E-state index contributed by atoms with van der Waals surface area (Å²) in [7, 11) is 0. The lowest BCUT2D eigenvalue weighted by Crippen LogP contribution is -1.89. The maximum Gasteiger partial charge on any atom is 0.0714 e. The quantitative estimate of drug-likeness (QED) is 0.239. The molecule has 0 aliphatic heterocycles. The first-order valence-electron chi connectivity index (χ1n) is 9.55. The van der Waals surface area contributed by atoms with E-state index >= 15 is 0 Å². The van der Waals surface area contributed by atoms with Crippen LogP contribution in [0.5, 0.6) is 0 Å². The Bertz CT molecular complexity index is 1720. The van der Waals surface area contributed by atoms with E-state index in [1.165, 1.54) is 58.1 Å². The fourth-order valence-electron chi connectivity index (χ4n) is 4.77. The molecule has 3 aromatic heterocycles. The number of nitrogens with zero attached hydrogens (tertiary/aromatic N) is 1. The fourth-order valence-corrected chi connectivity index (χ4v) is 6.01. The summed E-state index contributed by atoms with van der Waals surface area (Å²) in [6.07, 6.45) is 2.31. The third kappa shape index (κ3) is 1.71. The summed E-state index contributed by atoms with van der Waals surface area (Å²) in [5, 5.41) is 9.27. The molecule has 0 saturated heterocycles. The van der Waals surface area contributed by atoms with Crippen LogP contribution in [0.4, 0.5) is 0 Å². The van der Waals surface area contributed by atoms with E-state index in [1.807, 2.05) is 11.3 Å². The molecule has 130 valence electrons. The first-order chi connectivity index (χ1) is 13.9. The second kappa shape index (κ2) is 5.12. The van der Waals surface area contributed by atoms with Gasteiger partial charge in [-0.2, -0.15) is 0 Å². The van der Waals surface area contributed by atoms with Crippen molar-refractivity contribution in [1.82, 2.24) is 4.40 Å². The van der Waals surface area contributed by atoms with Gasteiger partial charge in [0.2, 0.25) is 0 Å². The maximum absolute atomic E-state index is 2.43. The Labute approximate surface area is 165 Å². The average Bonchev–Trinajstić information content (AvgIpc) is 3.32. The Morgan fingerprint density at radius 1 is 0.500 bits per heavy atom. The van der Waals surface area contributed by atoms with Crippen LogP contribution in [0.25, 0.3) is 58.1 Å². The molecule has 0 bridgehead atoms. The number of hydrogen-bond acceptors (Lipinski definition) is 1. The highest BCUT2D eigenvalue weighted by molar-refractivity contribution is 7.26. The second-order valence-electron chi connectivity index (χ2n) is 7.42. The first kappa shape index (κ1) is 14.7. The Morgan fingerprint density at radius 2 is 1.14 bits per heavy atom. The molecule has 0 unspecified atom stereocenters. The molecule has 2 heteroatoms. The third-order valence-electron chi connectivity index (χ3n) is 5.96. The van der Waals surface area contributed by atoms with Crippen LogP contribution in [-0.4, -0.2) is 4.40 Å². The molecule has 0 atom stereocenters. The molecule has 0 radical (unpaired) electrons. The highest BCUT2D eigenvalue weighted by Gasteiger charge is 2.16. The number of fused-ring (bicyclic) bond motifs is 12. The van der Waals surface area contributed by atoms with E-state index in [1.54, 1.807) is 0 Å². The minimum Gasteiger partial charge on any atom is -0.313 e. The van der Waals surface area contributed by atoms with Gasteiger partial charge in [-0.3, -0.25) is 0 Å². The molecule has 7 rings (SSSR count). The zero-order valence-corrected chi connectivity index (χ0v) is 15.8. The van der Waals surface area contributed by atoms with Crippen molar-refractivity contribution in [2.24, 2.45) is 0 Å². The van der Waals surface area contributed by atoms with Crippen molar-refractivity contribution < 1.29 is 0 Å². The van der Waals surface area contributed by atoms with Crippen LogP contribution in [-0.2, 0) is 0 Å². The van der Waals surface area contributed by atoms with E-state index in [4.69, 9.17) is 0 Å². The smallest absolute Gasteiger partial charge is 0.0714 e. The Morgan fingerprint density at radius 3 is 2.04 bits per heavy atom. The number of thiophene rings is 1. The molecule has 0 spiro atoms. The van der Waals surface area contributed by atoms with Crippen LogP contribution in [0.3, 0.4) is 0 Å². The summed E-state index contributed by atoms with van der Waals surface area (Å²) in [6, 6.07) is 30.9. The molecule has 0 amide bonds. The minimum absolute atomic E-state index is 1.29. The van der Waals surface area contributed by atoms with Gasteiger partial charge in [0.05, 0.1) is 15.7 Å². The van der Waals surface area contributed by atoms with Gasteiger partial charge in [0.15, 0.2) is 0 Å².